The molecule has 2 amide bonds. The molecular formula is C28H31ClN6O4. The van der Waals surface area contributed by atoms with Crippen LogP contribution in [-0.4, -0.2) is 62.0 Å². The van der Waals surface area contributed by atoms with Gasteiger partial charge in [-0.05, 0) is 35.2 Å². The number of nitrogens with one attached hydrogen (secondary N) is 3. The van der Waals surface area contributed by atoms with E-state index in [2.05, 4.69) is 39.8 Å². The zero-order valence-corrected chi connectivity index (χ0v) is 23.2. The molecule has 204 valence electrons. The Hall–Kier alpha value is -4.18. The summed E-state index contributed by atoms with van der Waals surface area (Å²) < 4.78 is 4.85. The van der Waals surface area contributed by atoms with Crippen molar-refractivity contribution in [3.63, 3.8) is 0 Å². The van der Waals surface area contributed by atoms with Crippen molar-refractivity contribution in [2.75, 3.05) is 49.8 Å². The molecular weight excluding hydrogens is 520 g/mol. The van der Waals surface area contributed by atoms with Crippen LogP contribution in [0.2, 0.25) is 5.15 Å². The highest BCUT2D eigenvalue weighted by molar-refractivity contribution is 6.30. The summed E-state index contributed by atoms with van der Waals surface area (Å²) in [7, 11) is 4.50. The minimum atomic E-state index is -0.942. The van der Waals surface area contributed by atoms with Crippen LogP contribution in [-0.2, 0) is 14.9 Å². The molecule has 1 saturated heterocycles. The molecule has 0 aliphatic carbocycles. The molecule has 3 aromatic rings. The van der Waals surface area contributed by atoms with Crippen LogP contribution in [0, 0.1) is 0 Å². The second kappa shape index (κ2) is 11.3. The molecule has 3 heterocycles. The van der Waals surface area contributed by atoms with E-state index in [1.807, 2.05) is 29.2 Å². The fraction of sp³-hybridized carbons (Fsp3) is 0.321. The smallest absolute Gasteiger partial charge is 0.341 e. The third-order valence-corrected chi connectivity index (χ3v) is 7.10. The first-order chi connectivity index (χ1) is 18.6. The number of carbonyl (C=O) groups excluding carboxylic acids is 3. The van der Waals surface area contributed by atoms with E-state index >= 15 is 0 Å². The standard InChI is InChI=1S/C28H31ClN6O4/c1-16(2)17-8-6-7-9-20(17)28(27(38)33-21-13-32-22(29)12-19(21)25(36)31-4)14-35(15-28)23-11-10-18(26(37)39-5)24(30-3)34-23/h6-13,16H,14-15H2,1-5H3,(H,30,34)(H,31,36)(H,33,38). The Morgan fingerprint density at radius 1 is 1.08 bits per heavy atom. The SMILES string of the molecule is CNC(=O)c1cc(Cl)ncc1NC(=O)C1(c2ccccc2C(C)C)CN(c2ccc(C(=O)OC)c(NC)n2)C1. The molecule has 10 nitrogen and oxygen atoms in total. The molecule has 11 heteroatoms. The van der Waals surface area contributed by atoms with Gasteiger partial charge in [0.15, 0.2) is 0 Å². The molecule has 1 aliphatic heterocycles. The first kappa shape index (κ1) is 27.8. The number of halogens is 1. The largest absolute Gasteiger partial charge is 0.465 e. The van der Waals surface area contributed by atoms with Gasteiger partial charge in [-0.3, -0.25) is 9.59 Å². The van der Waals surface area contributed by atoms with Crippen LogP contribution in [0.15, 0.2) is 48.7 Å². The fourth-order valence-corrected chi connectivity index (χ4v) is 4.98. The van der Waals surface area contributed by atoms with Crippen LogP contribution in [0.4, 0.5) is 17.3 Å². The average molecular weight is 551 g/mol. The summed E-state index contributed by atoms with van der Waals surface area (Å²) in [6, 6.07) is 12.7. The highest BCUT2D eigenvalue weighted by Crippen LogP contribution is 2.42. The quantitative estimate of drug-likeness (QED) is 0.285. The van der Waals surface area contributed by atoms with Crippen molar-refractivity contribution in [1.29, 1.82) is 0 Å². The van der Waals surface area contributed by atoms with Crippen molar-refractivity contribution in [2.24, 2.45) is 0 Å². The van der Waals surface area contributed by atoms with Crippen LogP contribution in [0.5, 0.6) is 0 Å². The van der Waals surface area contributed by atoms with Gasteiger partial charge in [0.2, 0.25) is 5.91 Å². The van der Waals surface area contributed by atoms with Gasteiger partial charge in [0, 0.05) is 27.2 Å². The first-order valence-corrected chi connectivity index (χ1v) is 12.8. The minimum Gasteiger partial charge on any atom is -0.465 e. The number of nitrogens with zero attached hydrogens (tertiary/aromatic N) is 3. The number of hydrogen-bond acceptors (Lipinski definition) is 8. The van der Waals surface area contributed by atoms with Gasteiger partial charge in [-0.1, -0.05) is 49.7 Å². The van der Waals surface area contributed by atoms with Crippen molar-refractivity contribution in [3.8, 4) is 0 Å². The summed E-state index contributed by atoms with van der Waals surface area (Å²) in [4.78, 5) is 49.4. The van der Waals surface area contributed by atoms with E-state index < -0.39 is 17.3 Å². The van der Waals surface area contributed by atoms with Crippen LogP contribution in [0.3, 0.4) is 0 Å². The molecule has 2 aromatic heterocycles. The van der Waals surface area contributed by atoms with Crippen LogP contribution < -0.4 is 20.9 Å². The van der Waals surface area contributed by atoms with Crippen molar-refractivity contribution >= 4 is 46.7 Å². The number of rotatable bonds is 8. The molecule has 0 unspecified atom stereocenters. The molecule has 1 aliphatic rings. The monoisotopic (exact) mass is 550 g/mol. The third-order valence-electron chi connectivity index (χ3n) is 6.89. The molecule has 39 heavy (non-hydrogen) atoms. The molecule has 0 saturated carbocycles. The molecule has 0 bridgehead atoms. The van der Waals surface area contributed by atoms with E-state index in [9.17, 15) is 14.4 Å². The number of carbonyl (C=O) groups is 3. The molecule has 0 radical (unpaired) electrons. The Morgan fingerprint density at radius 3 is 2.44 bits per heavy atom. The summed E-state index contributed by atoms with van der Waals surface area (Å²) >= 11 is 6.03. The van der Waals surface area contributed by atoms with Gasteiger partial charge in [-0.2, -0.15) is 0 Å². The van der Waals surface area contributed by atoms with Gasteiger partial charge >= 0.3 is 5.97 Å². The Bertz CT molecular complexity index is 1420. The lowest BCUT2D eigenvalue weighted by atomic mass is 9.69. The lowest BCUT2D eigenvalue weighted by molar-refractivity contribution is -0.122. The summed E-state index contributed by atoms with van der Waals surface area (Å²) in [5.74, 6) is -0.00267. The van der Waals surface area contributed by atoms with Gasteiger partial charge in [0.1, 0.15) is 27.8 Å². The van der Waals surface area contributed by atoms with Crippen molar-refractivity contribution in [3.05, 3.63) is 76.1 Å². The number of ether oxygens (including phenoxy) is 1. The molecule has 0 atom stereocenters. The van der Waals surface area contributed by atoms with E-state index in [1.54, 1.807) is 19.2 Å². The normalized spacial score (nSPS) is 13.9. The number of benzene rings is 1. The van der Waals surface area contributed by atoms with E-state index in [4.69, 9.17) is 16.3 Å². The second-order valence-corrected chi connectivity index (χ2v) is 9.96. The lowest BCUT2D eigenvalue weighted by Gasteiger charge is -2.50. The van der Waals surface area contributed by atoms with Crippen LogP contribution >= 0.6 is 11.6 Å². The topological polar surface area (TPSA) is 126 Å². The highest BCUT2D eigenvalue weighted by atomic mass is 35.5. The summed E-state index contributed by atoms with van der Waals surface area (Å²) in [5.41, 5.74) is 1.81. The van der Waals surface area contributed by atoms with Gasteiger partial charge in [0.25, 0.3) is 5.91 Å². The Labute approximate surface area is 232 Å². The van der Waals surface area contributed by atoms with E-state index in [0.717, 1.165) is 11.1 Å². The van der Waals surface area contributed by atoms with Crippen molar-refractivity contribution < 1.29 is 19.1 Å². The predicted molar refractivity (Wildman–Crippen MR) is 151 cm³/mol. The molecule has 1 aromatic carbocycles. The number of aromatic nitrogens is 2. The average Bonchev–Trinajstić information content (AvgIpc) is 2.92. The minimum absolute atomic E-state index is 0.142. The first-order valence-electron chi connectivity index (χ1n) is 12.5. The van der Waals surface area contributed by atoms with Crippen LogP contribution in [0.1, 0.15) is 51.6 Å². The van der Waals surface area contributed by atoms with Gasteiger partial charge < -0.3 is 25.6 Å². The number of hydrogen-bond donors (Lipinski definition) is 3. The van der Waals surface area contributed by atoms with E-state index in [-0.39, 0.29) is 28.2 Å². The predicted octanol–water partition coefficient (Wildman–Crippen LogP) is 3.84. The number of amides is 2. The zero-order chi connectivity index (χ0) is 28.3. The Kier molecular flexibility index (Phi) is 8.06. The highest BCUT2D eigenvalue weighted by Gasteiger charge is 2.52. The second-order valence-electron chi connectivity index (χ2n) is 9.57. The maximum absolute atomic E-state index is 14.1. The molecule has 1 fully saturated rings. The molecule has 4 rings (SSSR count). The maximum Gasteiger partial charge on any atom is 0.341 e. The number of esters is 1. The number of pyridine rings is 2. The van der Waals surface area contributed by atoms with Gasteiger partial charge in [-0.15, -0.1) is 0 Å². The summed E-state index contributed by atoms with van der Waals surface area (Å²) in [6.45, 7) is 4.82. The summed E-state index contributed by atoms with van der Waals surface area (Å²) in [5, 5.41) is 8.59. The number of methoxy groups -OCH3 is 1. The van der Waals surface area contributed by atoms with E-state index in [1.165, 1.54) is 26.4 Å². The van der Waals surface area contributed by atoms with Gasteiger partial charge in [-0.25, -0.2) is 14.8 Å². The van der Waals surface area contributed by atoms with Crippen molar-refractivity contribution in [2.45, 2.75) is 25.2 Å². The van der Waals surface area contributed by atoms with Gasteiger partial charge in [0.05, 0.1) is 24.6 Å². The lowest BCUT2D eigenvalue weighted by Crippen LogP contribution is -2.66. The molecule has 3 N–H and O–H groups in total. The summed E-state index contributed by atoms with van der Waals surface area (Å²) in [6.07, 6.45) is 1.38. The number of anilines is 3. The molecule has 0 spiro atoms. The fourth-order valence-electron chi connectivity index (χ4n) is 4.82. The Morgan fingerprint density at radius 2 is 1.79 bits per heavy atom. The maximum atomic E-state index is 14.1. The van der Waals surface area contributed by atoms with Crippen LogP contribution in [0.25, 0.3) is 0 Å². The third kappa shape index (κ3) is 5.24. The van der Waals surface area contributed by atoms with Crippen molar-refractivity contribution in [1.82, 2.24) is 15.3 Å². The zero-order valence-electron chi connectivity index (χ0n) is 22.5. The van der Waals surface area contributed by atoms with E-state index in [0.29, 0.717) is 30.3 Å². The Balaban J connectivity index is 1.73.